The summed E-state index contributed by atoms with van der Waals surface area (Å²) in [6.07, 6.45) is 0.891. The number of carbonyl (C=O) groups is 1. The number of nitrogens with one attached hydrogen (secondary N) is 1. The Bertz CT molecular complexity index is 760. The summed E-state index contributed by atoms with van der Waals surface area (Å²) in [6, 6.07) is 13.7. The van der Waals surface area contributed by atoms with Gasteiger partial charge < -0.3 is 14.8 Å². The number of methoxy groups -OCH3 is 1. The molecule has 0 aliphatic rings. The average Bonchev–Trinajstić information content (AvgIpc) is 2.65. The molecule has 1 amide bonds. The van der Waals surface area contributed by atoms with E-state index in [0.29, 0.717) is 17.9 Å². The molecule has 0 aromatic heterocycles. The van der Waals surface area contributed by atoms with Crippen LogP contribution < -0.4 is 14.8 Å². The van der Waals surface area contributed by atoms with Crippen molar-refractivity contribution in [1.82, 2.24) is 5.32 Å². The van der Waals surface area contributed by atoms with E-state index in [9.17, 15) is 4.79 Å². The fourth-order valence-electron chi connectivity index (χ4n) is 2.65. The van der Waals surface area contributed by atoms with Gasteiger partial charge in [-0.25, -0.2) is 0 Å². The molecule has 0 aliphatic heterocycles. The smallest absolute Gasteiger partial charge is 0.251 e. The van der Waals surface area contributed by atoms with Crippen molar-refractivity contribution in [3.63, 3.8) is 0 Å². The minimum Gasteiger partial charge on any atom is -0.496 e. The van der Waals surface area contributed by atoms with Crippen LogP contribution in [0.3, 0.4) is 0 Å². The summed E-state index contributed by atoms with van der Waals surface area (Å²) in [5, 5.41) is 2.98. The summed E-state index contributed by atoms with van der Waals surface area (Å²) >= 11 is 0. The van der Waals surface area contributed by atoms with Crippen LogP contribution in [0, 0.1) is 0 Å². The molecule has 2 rings (SSSR count). The lowest BCUT2D eigenvalue weighted by Gasteiger charge is -2.19. The zero-order chi connectivity index (χ0) is 20.0. The van der Waals surface area contributed by atoms with Crippen LogP contribution in [0.5, 0.6) is 11.5 Å². The molecule has 2 aromatic rings. The highest BCUT2D eigenvalue weighted by Gasteiger charge is 2.14. The van der Waals surface area contributed by atoms with Crippen LogP contribution in [-0.2, 0) is 12.0 Å². The van der Waals surface area contributed by atoms with Gasteiger partial charge in [-0.15, -0.1) is 0 Å². The molecule has 0 aliphatic carbocycles. The lowest BCUT2D eigenvalue weighted by molar-refractivity contribution is 0.0939. The Balaban J connectivity index is 2.12. The van der Waals surface area contributed by atoms with E-state index in [1.54, 1.807) is 13.2 Å². The van der Waals surface area contributed by atoms with E-state index in [0.717, 1.165) is 17.7 Å². The highest BCUT2D eigenvalue weighted by molar-refractivity contribution is 5.94. The molecule has 4 heteroatoms. The first-order valence-corrected chi connectivity index (χ1v) is 9.45. The number of hydrogen-bond acceptors (Lipinski definition) is 3. The molecule has 0 fully saturated rings. The first kappa shape index (κ1) is 20.8. The van der Waals surface area contributed by atoms with Crippen molar-refractivity contribution in [2.75, 3.05) is 7.11 Å². The number of hydrogen-bond donors (Lipinski definition) is 1. The summed E-state index contributed by atoms with van der Waals surface area (Å²) in [4.78, 5) is 12.4. The van der Waals surface area contributed by atoms with Crippen molar-refractivity contribution in [1.29, 1.82) is 0 Å². The van der Waals surface area contributed by atoms with Crippen molar-refractivity contribution < 1.29 is 14.3 Å². The van der Waals surface area contributed by atoms with E-state index < -0.39 is 0 Å². The van der Waals surface area contributed by atoms with Crippen LogP contribution in [0.15, 0.2) is 42.5 Å². The zero-order valence-corrected chi connectivity index (χ0v) is 17.3. The normalized spacial score (nSPS) is 12.4. The molecule has 0 saturated carbocycles. The number of benzene rings is 2. The third-order valence-corrected chi connectivity index (χ3v) is 4.65. The first-order chi connectivity index (χ1) is 12.7. The van der Waals surface area contributed by atoms with Crippen LogP contribution in [-0.4, -0.2) is 19.1 Å². The number of ether oxygens (including phenoxy) is 2. The highest BCUT2D eigenvalue weighted by Crippen LogP contribution is 2.26. The zero-order valence-electron chi connectivity index (χ0n) is 17.3. The molecule has 4 nitrogen and oxygen atoms in total. The Morgan fingerprint density at radius 3 is 2.33 bits per heavy atom. The Kier molecular flexibility index (Phi) is 6.89. The van der Waals surface area contributed by atoms with Gasteiger partial charge in [-0.3, -0.25) is 4.79 Å². The summed E-state index contributed by atoms with van der Waals surface area (Å²) in [6.45, 7) is 10.9. The van der Waals surface area contributed by atoms with Crippen LogP contribution >= 0.6 is 0 Å². The lowest BCUT2D eigenvalue weighted by Crippen LogP contribution is -2.31. The quantitative estimate of drug-likeness (QED) is 0.738. The monoisotopic (exact) mass is 369 g/mol. The van der Waals surface area contributed by atoms with Gasteiger partial charge in [0.25, 0.3) is 5.91 Å². The van der Waals surface area contributed by atoms with Gasteiger partial charge >= 0.3 is 0 Å². The second-order valence-corrected chi connectivity index (χ2v) is 7.87. The molecule has 1 atom stereocenters. The van der Waals surface area contributed by atoms with Gasteiger partial charge in [-0.2, -0.15) is 0 Å². The summed E-state index contributed by atoms with van der Waals surface area (Å²) < 4.78 is 11.4. The van der Waals surface area contributed by atoms with E-state index in [1.165, 1.54) is 5.56 Å². The minimum atomic E-state index is -0.0808. The molecule has 146 valence electrons. The predicted octanol–water partition coefficient (Wildman–Crippen LogP) is 5.10. The molecule has 0 saturated heterocycles. The van der Waals surface area contributed by atoms with Gasteiger partial charge in [0.05, 0.1) is 7.11 Å². The van der Waals surface area contributed by atoms with Gasteiger partial charge in [-0.1, -0.05) is 39.8 Å². The topological polar surface area (TPSA) is 47.6 Å². The molecule has 0 spiro atoms. The largest absolute Gasteiger partial charge is 0.496 e. The van der Waals surface area contributed by atoms with E-state index in [2.05, 4.69) is 38.2 Å². The SMILES string of the molecule is CC[C@@H](C)NC(=O)c1ccc(OC)c(COc2ccc(C(C)(C)C)cc2)c1. The summed E-state index contributed by atoms with van der Waals surface area (Å²) in [5.74, 6) is 1.42. The van der Waals surface area contributed by atoms with Crippen molar-refractivity contribution in [2.45, 2.75) is 59.1 Å². The van der Waals surface area contributed by atoms with Crippen LogP contribution in [0.1, 0.15) is 62.5 Å². The van der Waals surface area contributed by atoms with Crippen molar-refractivity contribution in [3.8, 4) is 11.5 Å². The maximum absolute atomic E-state index is 12.4. The summed E-state index contributed by atoms with van der Waals surface area (Å²) in [5.41, 5.74) is 2.82. The Morgan fingerprint density at radius 2 is 1.78 bits per heavy atom. The number of amides is 1. The highest BCUT2D eigenvalue weighted by atomic mass is 16.5. The van der Waals surface area contributed by atoms with E-state index in [-0.39, 0.29) is 17.4 Å². The van der Waals surface area contributed by atoms with Crippen molar-refractivity contribution in [3.05, 3.63) is 59.2 Å². The number of rotatable bonds is 7. The average molecular weight is 370 g/mol. The molecular formula is C23H31NO3. The Hall–Kier alpha value is -2.49. The van der Waals surface area contributed by atoms with Gasteiger partial charge in [0.2, 0.25) is 0 Å². The van der Waals surface area contributed by atoms with Gasteiger partial charge in [0.1, 0.15) is 18.1 Å². The van der Waals surface area contributed by atoms with Crippen molar-refractivity contribution >= 4 is 5.91 Å². The predicted molar refractivity (Wildman–Crippen MR) is 110 cm³/mol. The van der Waals surface area contributed by atoms with Crippen LogP contribution in [0.2, 0.25) is 0 Å². The second kappa shape index (κ2) is 8.94. The molecule has 2 aromatic carbocycles. The fraction of sp³-hybridized carbons (Fsp3) is 0.435. The summed E-state index contributed by atoms with van der Waals surface area (Å²) in [7, 11) is 1.62. The molecule has 27 heavy (non-hydrogen) atoms. The Labute approximate surface area is 162 Å². The number of carbonyl (C=O) groups excluding carboxylic acids is 1. The maximum atomic E-state index is 12.4. The molecular weight excluding hydrogens is 338 g/mol. The lowest BCUT2D eigenvalue weighted by atomic mass is 9.87. The van der Waals surface area contributed by atoms with E-state index >= 15 is 0 Å². The van der Waals surface area contributed by atoms with E-state index in [4.69, 9.17) is 9.47 Å². The molecule has 0 unspecified atom stereocenters. The first-order valence-electron chi connectivity index (χ1n) is 9.45. The van der Waals surface area contributed by atoms with Gasteiger partial charge in [0.15, 0.2) is 0 Å². The Morgan fingerprint density at radius 1 is 1.11 bits per heavy atom. The van der Waals surface area contributed by atoms with Crippen molar-refractivity contribution in [2.24, 2.45) is 0 Å². The second-order valence-electron chi connectivity index (χ2n) is 7.87. The fourth-order valence-corrected chi connectivity index (χ4v) is 2.65. The standard InChI is InChI=1S/C23H31NO3/c1-7-16(2)24-22(25)17-8-13-21(26-6)18(14-17)15-27-20-11-9-19(10-12-20)23(3,4)5/h8-14,16H,7,15H2,1-6H3,(H,24,25)/t16-/m1/s1. The van der Waals surface area contributed by atoms with Crippen LogP contribution in [0.4, 0.5) is 0 Å². The third-order valence-electron chi connectivity index (χ3n) is 4.65. The maximum Gasteiger partial charge on any atom is 0.251 e. The molecule has 0 radical (unpaired) electrons. The molecule has 0 bridgehead atoms. The molecule has 0 heterocycles. The van der Waals surface area contributed by atoms with Gasteiger partial charge in [0, 0.05) is 17.2 Å². The van der Waals surface area contributed by atoms with Gasteiger partial charge in [-0.05, 0) is 54.7 Å². The van der Waals surface area contributed by atoms with E-state index in [1.807, 2.05) is 38.1 Å². The van der Waals surface area contributed by atoms with Crippen LogP contribution in [0.25, 0.3) is 0 Å². The third kappa shape index (κ3) is 5.75. The molecule has 1 N–H and O–H groups in total. The minimum absolute atomic E-state index is 0.0808.